The molecular formula is C10H15N3O. The predicted molar refractivity (Wildman–Crippen MR) is 55.5 cm³/mol. The highest BCUT2D eigenvalue weighted by atomic mass is 16.1. The summed E-state index contributed by atoms with van der Waals surface area (Å²) in [6.07, 6.45) is 2.14. The van der Waals surface area contributed by atoms with Gasteiger partial charge in [-0.05, 0) is 19.4 Å². The Bertz CT molecular complexity index is 347. The molecule has 0 bridgehead atoms. The van der Waals surface area contributed by atoms with Crippen LogP contribution in [0.1, 0.15) is 18.2 Å². The van der Waals surface area contributed by atoms with Crippen molar-refractivity contribution in [2.24, 2.45) is 0 Å². The number of aromatic nitrogens is 2. The van der Waals surface area contributed by atoms with Gasteiger partial charge in [-0.25, -0.2) is 9.97 Å². The second-order valence-electron chi connectivity index (χ2n) is 3.55. The number of rotatable bonds is 3. The van der Waals surface area contributed by atoms with Crippen molar-refractivity contribution in [2.75, 3.05) is 19.0 Å². The molecule has 4 nitrogen and oxygen atoms in total. The fourth-order valence-electron chi connectivity index (χ4n) is 1.14. The fourth-order valence-corrected chi connectivity index (χ4v) is 1.14. The van der Waals surface area contributed by atoms with Gasteiger partial charge in [0.1, 0.15) is 5.78 Å². The van der Waals surface area contributed by atoms with Crippen molar-refractivity contribution in [3.8, 4) is 0 Å². The minimum absolute atomic E-state index is 0.134. The lowest BCUT2D eigenvalue weighted by atomic mass is 10.1. The molecule has 0 aliphatic carbocycles. The zero-order valence-corrected chi connectivity index (χ0v) is 9.03. The summed E-state index contributed by atoms with van der Waals surface area (Å²) in [7, 11) is 3.78. The number of anilines is 1. The molecule has 1 aromatic heterocycles. The number of aryl methyl sites for hydroxylation is 1. The van der Waals surface area contributed by atoms with Gasteiger partial charge in [0, 0.05) is 32.4 Å². The molecule has 0 aromatic carbocycles. The molecule has 0 spiro atoms. The summed E-state index contributed by atoms with van der Waals surface area (Å²) in [5.74, 6) is 0.809. The standard InChI is InChI=1S/C10H15N3O/c1-7(14)5-9-6-11-10(13(3)4)12-8(9)2/h6H,5H2,1-4H3. The van der Waals surface area contributed by atoms with E-state index in [1.807, 2.05) is 25.9 Å². The molecule has 0 amide bonds. The highest BCUT2D eigenvalue weighted by Gasteiger charge is 2.06. The van der Waals surface area contributed by atoms with Gasteiger partial charge < -0.3 is 4.90 Å². The second kappa shape index (κ2) is 4.17. The molecule has 0 aliphatic heterocycles. The first-order valence-electron chi connectivity index (χ1n) is 4.50. The zero-order chi connectivity index (χ0) is 10.7. The third-order valence-electron chi connectivity index (χ3n) is 1.91. The monoisotopic (exact) mass is 193 g/mol. The van der Waals surface area contributed by atoms with Crippen molar-refractivity contribution in [3.63, 3.8) is 0 Å². The van der Waals surface area contributed by atoms with Crippen LogP contribution in [0.5, 0.6) is 0 Å². The molecule has 0 saturated heterocycles. The van der Waals surface area contributed by atoms with Crippen LogP contribution in [0.4, 0.5) is 5.95 Å². The maximum Gasteiger partial charge on any atom is 0.224 e. The summed E-state index contributed by atoms with van der Waals surface area (Å²) in [6.45, 7) is 3.46. The van der Waals surface area contributed by atoms with E-state index >= 15 is 0 Å². The molecule has 0 saturated carbocycles. The van der Waals surface area contributed by atoms with E-state index in [9.17, 15) is 4.79 Å². The van der Waals surface area contributed by atoms with Gasteiger partial charge in [0.15, 0.2) is 0 Å². The quantitative estimate of drug-likeness (QED) is 0.718. The van der Waals surface area contributed by atoms with Crippen LogP contribution in [-0.2, 0) is 11.2 Å². The first-order chi connectivity index (χ1) is 6.50. The van der Waals surface area contributed by atoms with Crippen LogP contribution < -0.4 is 4.90 Å². The summed E-state index contributed by atoms with van der Waals surface area (Å²) >= 11 is 0. The summed E-state index contributed by atoms with van der Waals surface area (Å²) in [4.78, 5) is 21.2. The average molecular weight is 193 g/mol. The van der Waals surface area contributed by atoms with E-state index in [2.05, 4.69) is 9.97 Å². The summed E-state index contributed by atoms with van der Waals surface area (Å²) < 4.78 is 0. The Morgan fingerprint density at radius 2 is 2.14 bits per heavy atom. The number of ketones is 1. The smallest absolute Gasteiger partial charge is 0.224 e. The first kappa shape index (κ1) is 10.6. The molecule has 76 valence electrons. The number of nitrogens with zero attached hydrogens (tertiary/aromatic N) is 3. The van der Waals surface area contributed by atoms with Crippen LogP contribution in [0.3, 0.4) is 0 Å². The Balaban J connectivity index is 2.95. The van der Waals surface area contributed by atoms with E-state index in [1.54, 1.807) is 13.1 Å². The van der Waals surface area contributed by atoms with Crippen molar-refractivity contribution < 1.29 is 4.79 Å². The van der Waals surface area contributed by atoms with E-state index in [0.29, 0.717) is 12.4 Å². The molecule has 1 aromatic rings. The van der Waals surface area contributed by atoms with Crippen molar-refractivity contribution in [1.82, 2.24) is 9.97 Å². The Morgan fingerprint density at radius 3 is 2.57 bits per heavy atom. The van der Waals surface area contributed by atoms with Crippen LogP contribution in [0, 0.1) is 6.92 Å². The molecule has 1 rings (SSSR count). The van der Waals surface area contributed by atoms with Gasteiger partial charge in [0.2, 0.25) is 5.95 Å². The van der Waals surface area contributed by atoms with Crippen molar-refractivity contribution in [3.05, 3.63) is 17.5 Å². The maximum atomic E-state index is 10.9. The third-order valence-corrected chi connectivity index (χ3v) is 1.91. The molecule has 0 fully saturated rings. The van der Waals surface area contributed by atoms with Crippen LogP contribution in [0.15, 0.2) is 6.20 Å². The lowest BCUT2D eigenvalue weighted by Crippen LogP contribution is -2.14. The van der Waals surface area contributed by atoms with Crippen LogP contribution >= 0.6 is 0 Å². The summed E-state index contributed by atoms with van der Waals surface area (Å²) in [5.41, 5.74) is 1.78. The van der Waals surface area contributed by atoms with Crippen LogP contribution in [0.2, 0.25) is 0 Å². The number of carbonyl (C=O) groups excluding carboxylic acids is 1. The lowest BCUT2D eigenvalue weighted by molar-refractivity contribution is -0.116. The lowest BCUT2D eigenvalue weighted by Gasteiger charge is -2.11. The van der Waals surface area contributed by atoms with Crippen molar-refractivity contribution in [2.45, 2.75) is 20.3 Å². The van der Waals surface area contributed by atoms with E-state index in [-0.39, 0.29) is 5.78 Å². The first-order valence-corrected chi connectivity index (χ1v) is 4.50. The van der Waals surface area contributed by atoms with Gasteiger partial charge in [0.05, 0.1) is 0 Å². The van der Waals surface area contributed by atoms with E-state index in [4.69, 9.17) is 0 Å². The van der Waals surface area contributed by atoms with E-state index < -0.39 is 0 Å². The topological polar surface area (TPSA) is 46.1 Å². The number of carbonyl (C=O) groups is 1. The summed E-state index contributed by atoms with van der Waals surface area (Å²) in [5, 5.41) is 0. The molecule has 0 unspecified atom stereocenters. The third kappa shape index (κ3) is 2.52. The van der Waals surface area contributed by atoms with Gasteiger partial charge in [-0.3, -0.25) is 4.79 Å². The molecule has 1 heterocycles. The number of hydrogen-bond acceptors (Lipinski definition) is 4. The normalized spacial score (nSPS) is 10.0. The number of hydrogen-bond donors (Lipinski definition) is 0. The van der Waals surface area contributed by atoms with Crippen molar-refractivity contribution in [1.29, 1.82) is 0 Å². The zero-order valence-electron chi connectivity index (χ0n) is 9.03. The van der Waals surface area contributed by atoms with Gasteiger partial charge in [0.25, 0.3) is 0 Å². The SMILES string of the molecule is CC(=O)Cc1cnc(N(C)C)nc1C. The van der Waals surface area contributed by atoms with Gasteiger partial charge in [-0.1, -0.05) is 0 Å². The Morgan fingerprint density at radius 1 is 1.50 bits per heavy atom. The Kier molecular flexibility index (Phi) is 3.17. The predicted octanol–water partition coefficient (Wildman–Crippen LogP) is 0.983. The molecule has 0 N–H and O–H groups in total. The molecule has 0 aliphatic rings. The minimum atomic E-state index is 0.134. The van der Waals surface area contributed by atoms with Crippen molar-refractivity contribution >= 4 is 11.7 Å². The molecule has 0 radical (unpaired) electrons. The molecule has 0 atom stereocenters. The van der Waals surface area contributed by atoms with Crippen LogP contribution in [0.25, 0.3) is 0 Å². The average Bonchev–Trinajstić information content (AvgIpc) is 2.07. The highest BCUT2D eigenvalue weighted by molar-refractivity contribution is 5.78. The van der Waals surface area contributed by atoms with Crippen LogP contribution in [-0.4, -0.2) is 29.8 Å². The second-order valence-corrected chi connectivity index (χ2v) is 3.55. The highest BCUT2D eigenvalue weighted by Crippen LogP contribution is 2.09. The number of Topliss-reactive ketones (excluding diaryl/α,β-unsaturated/α-hetero) is 1. The fraction of sp³-hybridized carbons (Fsp3) is 0.500. The molecule has 14 heavy (non-hydrogen) atoms. The Hall–Kier alpha value is -1.45. The van der Waals surface area contributed by atoms with Gasteiger partial charge in [-0.15, -0.1) is 0 Å². The Labute approximate surface area is 84.0 Å². The summed E-state index contributed by atoms with van der Waals surface area (Å²) in [6, 6.07) is 0. The molecule has 4 heteroatoms. The van der Waals surface area contributed by atoms with E-state index in [1.165, 1.54) is 0 Å². The molecular weight excluding hydrogens is 178 g/mol. The van der Waals surface area contributed by atoms with E-state index in [0.717, 1.165) is 11.3 Å². The van der Waals surface area contributed by atoms with Gasteiger partial charge in [-0.2, -0.15) is 0 Å². The maximum absolute atomic E-state index is 10.9. The largest absolute Gasteiger partial charge is 0.347 e. The minimum Gasteiger partial charge on any atom is -0.347 e. The van der Waals surface area contributed by atoms with Gasteiger partial charge >= 0.3 is 0 Å².